The summed E-state index contributed by atoms with van der Waals surface area (Å²) in [6.07, 6.45) is -0.627. The lowest BCUT2D eigenvalue weighted by Gasteiger charge is -2.22. The maximum atomic E-state index is 12.7. The molecule has 0 aromatic heterocycles. The fourth-order valence-electron chi connectivity index (χ4n) is 3.05. The fourth-order valence-corrected chi connectivity index (χ4v) is 3.05. The molecule has 5 nitrogen and oxygen atoms in total. The van der Waals surface area contributed by atoms with Gasteiger partial charge in [-0.3, -0.25) is 4.79 Å². The number of carbonyl (C=O) groups excluding carboxylic acids is 1. The van der Waals surface area contributed by atoms with Crippen LogP contribution in [-0.2, 0) is 4.79 Å². The average Bonchev–Trinajstić information content (AvgIpc) is 2.66. The molecular formula is C23H31NO4. The van der Waals surface area contributed by atoms with E-state index in [9.17, 15) is 4.79 Å². The van der Waals surface area contributed by atoms with Crippen molar-refractivity contribution < 1.29 is 19.0 Å². The molecule has 0 aliphatic heterocycles. The number of hydrogen-bond donors (Lipinski definition) is 1. The van der Waals surface area contributed by atoms with Gasteiger partial charge < -0.3 is 19.5 Å². The summed E-state index contributed by atoms with van der Waals surface area (Å²) in [6, 6.07) is 11.4. The number of benzene rings is 2. The van der Waals surface area contributed by atoms with Gasteiger partial charge in [0.05, 0.1) is 20.3 Å². The van der Waals surface area contributed by atoms with Gasteiger partial charge in [0.1, 0.15) is 17.2 Å². The van der Waals surface area contributed by atoms with E-state index in [-0.39, 0.29) is 11.9 Å². The van der Waals surface area contributed by atoms with Crippen LogP contribution in [0.5, 0.6) is 17.2 Å². The van der Waals surface area contributed by atoms with E-state index < -0.39 is 6.10 Å². The molecule has 0 aliphatic carbocycles. The molecule has 5 heteroatoms. The van der Waals surface area contributed by atoms with Crippen molar-refractivity contribution >= 4 is 5.91 Å². The molecule has 0 spiro atoms. The molecule has 2 rings (SSSR count). The van der Waals surface area contributed by atoms with Crippen LogP contribution in [0.2, 0.25) is 0 Å². The SMILES string of the molecule is COc1ccc(OC)c([C@@H](C)NC(=O)[C@H](C)Oc2cc(C)ccc2C(C)C)c1. The third kappa shape index (κ3) is 5.18. The van der Waals surface area contributed by atoms with Crippen LogP contribution in [0.15, 0.2) is 36.4 Å². The van der Waals surface area contributed by atoms with Gasteiger partial charge in [0.15, 0.2) is 6.10 Å². The molecule has 1 N–H and O–H groups in total. The predicted octanol–water partition coefficient (Wildman–Crippen LogP) is 4.78. The lowest BCUT2D eigenvalue weighted by Crippen LogP contribution is -2.38. The monoisotopic (exact) mass is 385 g/mol. The van der Waals surface area contributed by atoms with Crippen molar-refractivity contribution in [1.29, 1.82) is 0 Å². The molecule has 0 radical (unpaired) electrons. The van der Waals surface area contributed by atoms with E-state index >= 15 is 0 Å². The number of nitrogens with one attached hydrogen (secondary N) is 1. The lowest BCUT2D eigenvalue weighted by atomic mass is 10.0. The molecule has 0 saturated carbocycles. The zero-order chi connectivity index (χ0) is 20.8. The van der Waals surface area contributed by atoms with Gasteiger partial charge in [-0.2, -0.15) is 0 Å². The van der Waals surface area contributed by atoms with Gasteiger partial charge >= 0.3 is 0 Å². The Morgan fingerprint density at radius 1 is 0.893 bits per heavy atom. The van der Waals surface area contributed by atoms with Gasteiger partial charge in [-0.15, -0.1) is 0 Å². The Hall–Kier alpha value is -2.69. The molecule has 152 valence electrons. The van der Waals surface area contributed by atoms with E-state index in [1.54, 1.807) is 21.1 Å². The Labute approximate surface area is 168 Å². The van der Waals surface area contributed by atoms with Crippen molar-refractivity contribution in [1.82, 2.24) is 5.32 Å². The van der Waals surface area contributed by atoms with Gasteiger partial charge in [0.2, 0.25) is 0 Å². The molecule has 1 amide bonds. The smallest absolute Gasteiger partial charge is 0.261 e. The molecule has 0 heterocycles. The Morgan fingerprint density at radius 2 is 1.61 bits per heavy atom. The van der Waals surface area contributed by atoms with Crippen LogP contribution in [0.4, 0.5) is 0 Å². The summed E-state index contributed by atoms with van der Waals surface area (Å²) < 4.78 is 16.7. The van der Waals surface area contributed by atoms with Gasteiger partial charge in [-0.1, -0.05) is 26.0 Å². The quantitative estimate of drug-likeness (QED) is 0.710. The molecule has 0 unspecified atom stereocenters. The van der Waals surface area contributed by atoms with Crippen LogP contribution in [0, 0.1) is 6.92 Å². The second-order valence-corrected chi connectivity index (χ2v) is 7.29. The second-order valence-electron chi connectivity index (χ2n) is 7.29. The van der Waals surface area contributed by atoms with Crippen LogP contribution in [0.3, 0.4) is 0 Å². The van der Waals surface area contributed by atoms with Crippen molar-refractivity contribution in [2.24, 2.45) is 0 Å². The van der Waals surface area contributed by atoms with Gasteiger partial charge in [-0.25, -0.2) is 0 Å². The maximum Gasteiger partial charge on any atom is 0.261 e. The maximum absolute atomic E-state index is 12.7. The van der Waals surface area contributed by atoms with Crippen molar-refractivity contribution in [3.63, 3.8) is 0 Å². The van der Waals surface area contributed by atoms with Crippen LogP contribution >= 0.6 is 0 Å². The van der Waals surface area contributed by atoms with Gasteiger partial charge in [0, 0.05) is 5.56 Å². The summed E-state index contributed by atoms with van der Waals surface area (Å²) in [6.45, 7) is 9.91. The van der Waals surface area contributed by atoms with E-state index in [1.165, 1.54) is 0 Å². The first-order valence-corrected chi connectivity index (χ1v) is 9.56. The molecule has 2 aromatic rings. The standard InChI is InChI=1S/C23H31NO4/c1-14(2)19-10-8-15(3)12-22(19)28-17(5)23(25)24-16(4)20-13-18(26-6)9-11-21(20)27-7/h8-14,16-17H,1-7H3,(H,24,25)/t16-,17+/m1/s1. The molecule has 2 atom stereocenters. The van der Waals surface area contributed by atoms with Crippen molar-refractivity contribution in [3.8, 4) is 17.2 Å². The summed E-state index contributed by atoms with van der Waals surface area (Å²) >= 11 is 0. The lowest BCUT2D eigenvalue weighted by molar-refractivity contribution is -0.127. The number of rotatable bonds is 8. The number of amides is 1. The highest BCUT2D eigenvalue weighted by Crippen LogP contribution is 2.30. The first-order chi connectivity index (χ1) is 13.3. The number of carbonyl (C=O) groups is 1. The molecule has 0 bridgehead atoms. The van der Waals surface area contributed by atoms with E-state index in [4.69, 9.17) is 14.2 Å². The minimum Gasteiger partial charge on any atom is -0.497 e. The highest BCUT2D eigenvalue weighted by Gasteiger charge is 2.21. The van der Waals surface area contributed by atoms with E-state index in [2.05, 4.69) is 31.3 Å². The predicted molar refractivity (Wildman–Crippen MR) is 111 cm³/mol. The zero-order valence-electron chi connectivity index (χ0n) is 17.8. The first-order valence-electron chi connectivity index (χ1n) is 9.56. The highest BCUT2D eigenvalue weighted by atomic mass is 16.5. The summed E-state index contributed by atoms with van der Waals surface area (Å²) in [5.41, 5.74) is 3.04. The second kappa shape index (κ2) is 9.49. The number of ether oxygens (including phenoxy) is 3. The average molecular weight is 386 g/mol. The van der Waals surface area contributed by atoms with Crippen molar-refractivity contribution in [2.75, 3.05) is 14.2 Å². The molecular weight excluding hydrogens is 354 g/mol. The highest BCUT2D eigenvalue weighted by molar-refractivity contribution is 5.81. The third-order valence-corrected chi connectivity index (χ3v) is 4.73. The molecule has 2 aromatic carbocycles. The van der Waals surface area contributed by atoms with Crippen LogP contribution in [0.1, 0.15) is 56.3 Å². The normalized spacial score (nSPS) is 13.0. The minimum atomic E-state index is -0.627. The van der Waals surface area contributed by atoms with Crippen LogP contribution in [-0.4, -0.2) is 26.2 Å². The third-order valence-electron chi connectivity index (χ3n) is 4.73. The number of hydrogen-bond acceptors (Lipinski definition) is 4. The summed E-state index contributed by atoms with van der Waals surface area (Å²) in [5, 5.41) is 3.01. The van der Waals surface area contributed by atoms with Crippen molar-refractivity contribution in [2.45, 2.75) is 52.7 Å². The summed E-state index contributed by atoms with van der Waals surface area (Å²) in [4.78, 5) is 12.7. The largest absolute Gasteiger partial charge is 0.497 e. The van der Waals surface area contributed by atoms with Crippen molar-refractivity contribution in [3.05, 3.63) is 53.1 Å². The van der Waals surface area contributed by atoms with E-state index in [1.807, 2.05) is 38.1 Å². The summed E-state index contributed by atoms with van der Waals surface area (Å²) in [5.74, 6) is 2.29. The topological polar surface area (TPSA) is 56.8 Å². The molecule has 0 aliphatic rings. The van der Waals surface area contributed by atoms with E-state index in [0.717, 1.165) is 22.4 Å². The molecule has 28 heavy (non-hydrogen) atoms. The fraction of sp³-hybridized carbons (Fsp3) is 0.435. The first kappa shape index (κ1) is 21.6. The Bertz CT molecular complexity index is 816. The Balaban J connectivity index is 2.14. The summed E-state index contributed by atoms with van der Waals surface area (Å²) in [7, 11) is 3.22. The van der Waals surface area contributed by atoms with Crippen LogP contribution in [0.25, 0.3) is 0 Å². The van der Waals surface area contributed by atoms with Gasteiger partial charge in [0.25, 0.3) is 5.91 Å². The zero-order valence-corrected chi connectivity index (χ0v) is 17.8. The number of aryl methyl sites for hydroxylation is 1. The minimum absolute atomic E-state index is 0.186. The van der Waals surface area contributed by atoms with Gasteiger partial charge in [-0.05, 0) is 62.1 Å². The van der Waals surface area contributed by atoms with Crippen LogP contribution < -0.4 is 19.5 Å². The molecule has 0 fully saturated rings. The Morgan fingerprint density at radius 3 is 2.21 bits per heavy atom. The number of methoxy groups -OCH3 is 2. The Kier molecular flexibility index (Phi) is 7.32. The van der Waals surface area contributed by atoms with E-state index in [0.29, 0.717) is 17.4 Å². The molecule has 0 saturated heterocycles.